The average molecular weight is 808 g/mol. The molecule has 243 valence electrons. The van der Waals surface area contributed by atoms with Crippen LogP contribution in [0.1, 0.15) is 58.2 Å². The molecule has 4 heterocycles. The van der Waals surface area contributed by atoms with Gasteiger partial charge in [0.1, 0.15) is 0 Å². The number of fused-ring (bicyclic) bond motifs is 6. The zero-order valence-electron chi connectivity index (χ0n) is 32.1. The predicted octanol–water partition coefficient (Wildman–Crippen LogP) is 11.4. The maximum absolute atomic E-state index is 8.56. The van der Waals surface area contributed by atoms with E-state index in [0.29, 0.717) is 11.1 Å². The van der Waals surface area contributed by atoms with Crippen molar-refractivity contribution >= 4 is 38.1 Å². The normalized spacial score (nSPS) is 13.8. The van der Waals surface area contributed by atoms with Gasteiger partial charge in [0, 0.05) is 54.3 Å². The van der Waals surface area contributed by atoms with E-state index in [1.54, 1.807) is 18.5 Å². The Morgan fingerprint density at radius 3 is 2.02 bits per heavy atom. The minimum absolute atomic E-state index is 0. The van der Waals surface area contributed by atoms with Crippen molar-refractivity contribution in [2.45, 2.75) is 54.3 Å². The van der Waals surface area contributed by atoms with Crippen molar-refractivity contribution in [1.29, 1.82) is 0 Å². The van der Waals surface area contributed by atoms with Crippen LogP contribution in [0.25, 0.3) is 60.6 Å². The molecule has 0 aliphatic rings. The number of para-hydroxylation sites is 2. The molecule has 0 saturated carbocycles. The molecule has 0 amide bonds. The first kappa shape index (κ1) is 28.6. The van der Waals surface area contributed by atoms with Crippen molar-refractivity contribution in [2.24, 2.45) is 10.8 Å². The summed E-state index contributed by atoms with van der Waals surface area (Å²) in [7, 11) is 0. The summed E-state index contributed by atoms with van der Waals surface area (Å²) in [5.41, 5.74) is 7.14. The molecule has 0 fully saturated rings. The van der Waals surface area contributed by atoms with Gasteiger partial charge in [0.15, 0.2) is 0 Å². The van der Waals surface area contributed by atoms with Gasteiger partial charge in [-0.15, -0.1) is 59.7 Å². The van der Waals surface area contributed by atoms with E-state index >= 15 is 0 Å². The molecule has 0 bridgehead atoms. The van der Waals surface area contributed by atoms with Gasteiger partial charge in [-0.25, -0.2) is 0 Å². The molecule has 0 unspecified atom stereocenters. The Morgan fingerprint density at radius 1 is 0.625 bits per heavy atom. The van der Waals surface area contributed by atoms with Crippen molar-refractivity contribution in [1.82, 2.24) is 14.4 Å². The van der Waals surface area contributed by atoms with Crippen molar-refractivity contribution in [2.75, 3.05) is 0 Å². The Kier molecular flexibility index (Phi) is 7.91. The first-order valence-corrected chi connectivity index (χ1v) is 16.1. The topological polar surface area (TPSA) is 30.2 Å². The first-order valence-electron chi connectivity index (χ1n) is 18.1. The van der Waals surface area contributed by atoms with E-state index in [1.165, 1.54) is 32.6 Å². The summed E-state index contributed by atoms with van der Waals surface area (Å²) >= 11 is 0. The van der Waals surface area contributed by atoms with E-state index in [2.05, 4.69) is 70.0 Å². The van der Waals surface area contributed by atoms with Gasteiger partial charge in [-0.2, -0.15) is 0 Å². The molecule has 0 aliphatic heterocycles. The minimum atomic E-state index is -1.47. The number of benzene rings is 4. The quantitative estimate of drug-likeness (QED) is 0.166. The minimum Gasteiger partial charge on any atom is -0.350 e. The van der Waals surface area contributed by atoms with Crippen LogP contribution in [-0.4, -0.2) is 14.4 Å². The standard InChI is InChI=1S/C28H23N2.C16H18N.Ir/c1-28(2,3)16-18-14-15-24(29-17-18)23-12-7-11-22-21-10-6-9-20-19-8-4-5-13-25(19)30(26(20)21)27(22)23;1-16(2,3)12-13-9-10-17-15(11-13)14-7-5-4-6-8-14;/h4-11,13-15,17H,16H2,1-3H3;4-7,9-11H,12H2,1-3H3;/q2*-1;/i16D2;12D2;. The Balaban J connectivity index is 0.000000200. The molecule has 3 nitrogen and oxygen atoms in total. The SMILES string of the molecule is [2H]C([2H])(c1ccc(-c2[c-]ccc3c4cccc5c6ccccc6n(c23)c54)nc1)C(C)(C)C.[2H]C([2H])(c1ccnc(-c2[c-]cccc2)c1)C(C)(C)C.[Ir]. The predicted molar refractivity (Wildman–Crippen MR) is 198 cm³/mol. The largest absolute Gasteiger partial charge is 0.350 e. The summed E-state index contributed by atoms with van der Waals surface area (Å²) in [6.07, 6.45) is 0.466. The Labute approximate surface area is 303 Å². The van der Waals surface area contributed by atoms with Crippen molar-refractivity contribution in [3.05, 3.63) is 139 Å². The molecule has 8 aromatic rings. The number of aromatic nitrogens is 3. The number of hydrogen-bond acceptors (Lipinski definition) is 2. The molecule has 4 heteroatoms. The van der Waals surface area contributed by atoms with Crippen LogP contribution >= 0.6 is 0 Å². The Morgan fingerprint density at radius 2 is 1.31 bits per heavy atom. The molecular weight excluding hydrogens is 763 g/mol. The molecular formula is C44H41IrN3-2. The smallest absolute Gasteiger partial charge is 0.0516 e. The fraction of sp³-hybridized carbons (Fsp3) is 0.227. The van der Waals surface area contributed by atoms with Gasteiger partial charge >= 0.3 is 0 Å². The fourth-order valence-corrected chi connectivity index (χ4v) is 6.29. The fourth-order valence-electron chi connectivity index (χ4n) is 6.29. The van der Waals surface area contributed by atoms with Crippen LogP contribution in [0.2, 0.25) is 0 Å². The maximum Gasteiger partial charge on any atom is 0.0516 e. The van der Waals surface area contributed by atoms with Crippen molar-refractivity contribution in [3.8, 4) is 22.5 Å². The zero-order valence-corrected chi connectivity index (χ0v) is 30.5. The van der Waals surface area contributed by atoms with Crippen LogP contribution in [0.3, 0.4) is 0 Å². The van der Waals surface area contributed by atoms with Crippen molar-refractivity contribution < 1.29 is 25.6 Å². The molecule has 0 atom stereocenters. The van der Waals surface area contributed by atoms with Gasteiger partial charge in [0.25, 0.3) is 0 Å². The van der Waals surface area contributed by atoms with Gasteiger partial charge < -0.3 is 14.4 Å². The molecule has 1 radical (unpaired) electrons. The number of pyridine rings is 2. The summed E-state index contributed by atoms with van der Waals surface area (Å²) in [5.74, 6) is 0. The second-order valence-electron chi connectivity index (χ2n) is 14.1. The third-order valence-corrected chi connectivity index (χ3v) is 7.98. The monoisotopic (exact) mass is 808 g/mol. The van der Waals surface area contributed by atoms with E-state index < -0.39 is 23.6 Å². The second-order valence-corrected chi connectivity index (χ2v) is 14.1. The molecule has 0 N–H and O–H groups in total. The second kappa shape index (κ2) is 13.3. The molecule has 8 rings (SSSR count). The van der Waals surface area contributed by atoms with Crippen LogP contribution < -0.4 is 0 Å². The van der Waals surface area contributed by atoms with Gasteiger partial charge in [0.05, 0.1) is 5.52 Å². The van der Waals surface area contributed by atoms with E-state index in [0.717, 1.165) is 28.0 Å². The molecule has 4 aromatic carbocycles. The molecule has 48 heavy (non-hydrogen) atoms. The van der Waals surface area contributed by atoms with Crippen LogP contribution in [0.4, 0.5) is 0 Å². The van der Waals surface area contributed by atoms with Crippen LogP contribution in [-0.2, 0) is 32.9 Å². The molecule has 0 saturated heterocycles. The Bertz CT molecular complexity index is 2490. The number of nitrogens with zero attached hydrogens (tertiary/aromatic N) is 3. The van der Waals surface area contributed by atoms with Gasteiger partial charge in [-0.3, -0.25) is 0 Å². The summed E-state index contributed by atoms with van der Waals surface area (Å²) in [4.78, 5) is 9.02. The third kappa shape index (κ3) is 6.79. The van der Waals surface area contributed by atoms with Crippen LogP contribution in [0.15, 0.2) is 116 Å². The zero-order chi connectivity index (χ0) is 36.3. The molecule has 0 aliphatic carbocycles. The molecule has 4 aromatic heterocycles. The first-order chi connectivity index (χ1) is 24.1. The van der Waals surface area contributed by atoms with Gasteiger partial charge in [-0.05, 0) is 63.6 Å². The van der Waals surface area contributed by atoms with E-state index in [-0.39, 0.29) is 20.1 Å². The van der Waals surface area contributed by atoms with Gasteiger partial charge in [-0.1, -0.05) is 107 Å². The van der Waals surface area contributed by atoms with E-state index in [9.17, 15) is 0 Å². The third-order valence-electron chi connectivity index (χ3n) is 7.98. The van der Waals surface area contributed by atoms with Gasteiger partial charge in [0.2, 0.25) is 0 Å². The number of rotatable bonds is 4. The Hall–Kier alpha value is -4.37. The van der Waals surface area contributed by atoms with E-state index in [1.807, 2.05) is 90.1 Å². The summed E-state index contributed by atoms with van der Waals surface area (Å²) in [6, 6.07) is 40.6. The van der Waals surface area contributed by atoms with E-state index in [4.69, 9.17) is 10.5 Å². The summed E-state index contributed by atoms with van der Waals surface area (Å²) < 4.78 is 36.1. The van der Waals surface area contributed by atoms with Crippen molar-refractivity contribution in [3.63, 3.8) is 0 Å². The molecule has 0 spiro atoms. The average Bonchev–Trinajstić information content (AvgIpc) is 3.64. The van der Waals surface area contributed by atoms with Crippen LogP contribution in [0.5, 0.6) is 0 Å². The van der Waals surface area contributed by atoms with Crippen LogP contribution in [0, 0.1) is 23.0 Å². The number of hydrogen-bond donors (Lipinski definition) is 0. The summed E-state index contributed by atoms with van der Waals surface area (Å²) in [5, 5.41) is 4.90. The maximum atomic E-state index is 8.56. The summed E-state index contributed by atoms with van der Waals surface area (Å²) in [6.45, 7) is 11.5.